The minimum Gasteiger partial charge on any atom is -0.490 e. The molecule has 6 heteroatoms. The van der Waals surface area contributed by atoms with Crippen LogP contribution < -0.4 is 19.5 Å². The summed E-state index contributed by atoms with van der Waals surface area (Å²) in [5, 5.41) is 2.58. The number of rotatable bonds is 8. The summed E-state index contributed by atoms with van der Waals surface area (Å²) in [6.45, 7) is 8.55. The molecule has 5 nitrogen and oxygen atoms in total. The molecule has 1 N–H and O–H groups in total. The van der Waals surface area contributed by atoms with Gasteiger partial charge in [0.1, 0.15) is 5.82 Å². The largest absolute Gasteiger partial charge is 0.490 e. The van der Waals surface area contributed by atoms with Gasteiger partial charge in [0.05, 0.1) is 25.5 Å². The Morgan fingerprint density at radius 1 is 0.962 bits per heavy atom. The first kappa shape index (κ1) is 19.6. The molecule has 0 saturated carbocycles. The number of nitrogens with one attached hydrogen (secondary N) is 1. The molecular weight excluding hydrogens is 337 g/mol. The van der Waals surface area contributed by atoms with Gasteiger partial charge in [-0.15, -0.1) is 0 Å². The number of hydrogen-bond acceptors (Lipinski definition) is 4. The number of anilines is 1. The smallest absolute Gasteiger partial charge is 0.256 e. The van der Waals surface area contributed by atoms with E-state index in [0.717, 1.165) is 5.56 Å². The third kappa shape index (κ3) is 4.65. The Hall–Kier alpha value is -2.76. The lowest BCUT2D eigenvalue weighted by Crippen LogP contribution is -2.14. The van der Waals surface area contributed by atoms with Crippen molar-refractivity contribution in [2.45, 2.75) is 27.7 Å². The predicted octanol–water partition coefficient (Wildman–Crippen LogP) is 4.58. The van der Waals surface area contributed by atoms with E-state index in [1.807, 2.05) is 20.8 Å². The van der Waals surface area contributed by atoms with Crippen LogP contribution in [0.15, 0.2) is 30.3 Å². The lowest BCUT2D eigenvalue weighted by atomic mass is 10.1. The maximum atomic E-state index is 14.0. The van der Waals surface area contributed by atoms with Gasteiger partial charge in [0.15, 0.2) is 11.5 Å². The van der Waals surface area contributed by atoms with Gasteiger partial charge in [0.25, 0.3) is 5.91 Å². The highest BCUT2D eigenvalue weighted by Gasteiger charge is 2.19. The molecule has 0 heterocycles. The Bertz CT molecular complexity index is 749. The van der Waals surface area contributed by atoms with Gasteiger partial charge in [-0.05, 0) is 57.5 Å². The molecule has 1 amide bonds. The normalized spacial score (nSPS) is 10.3. The molecule has 0 saturated heterocycles. The van der Waals surface area contributed by atoms with Gasteiger partial charge in [-0.1, -0.05) is 6.07 Å². The van der Waals surface area contributed by atoms with Crippen LogP contribution in [0.1, 0.15) is 36.7 Å². The van der Waals surface area contributed by atoms with Crippen LogP contribution in [-0.2, 0) is 0 Å². The third-order valence-corrected chi connectivity index (χ3v) is 3.54. The van der Waals surface area contributed by atoms with Gasteiger partial charge in [0, 0.05) is 5.56 Å². The Labute approximate surface area is 153 Å². The van der Waals surface area contributed by atoms with E-state index in [9.17, 15) is 9.18 Å². The highest BCUT2D eigenvalue weighted by molar-refractivity contribution is 6.05. The Balaban J connectivity index is 2.38. The van der Waals surface area contributed by atoms with Crippen LogP contribution in [0.4, 0.5) is 10.1 Å². The fourth-order valence-electron chi connectivity index (χ4n) is 2.44. The average Bonchev–Trinajstić information content (AvgIpc) is 2.60. The van der Waals surface area contributed by atoms with E-state index < -0.39 is 11.7 Å². The monoisotopic (exact) mass is 361 g/mol. The Morgan fingerprint density at radius 2 is 1.54 bits per heavy atom. The van der Waals surface area contributed by atoms with Crippen molar-refractivity contribution in [3.63, 3.8) is 0 Å². The summed E-state index contributed by atoms with van der Waals surface area (Å²) in [7, 11) is 0. The van der Waals surface area contributed by atoms with E-state index in [1.165, 1.54) is 12.1 Å². The average molecular weight is 361 g/mol. The van der Waals surface area contributed by atoms with E-state index in [2.05, 4.69) is 5.32 Å². The van der Waals surface area contributed by atoms with Crippen LogP contribution in [0, 0.1) is 12.7 Å². The Morgan fingerprint density at radius 3 is 2.04 bits per heavy atom. The summed E-state index contributed by atoms with van der Waals surface area (Å²) in [5.41, 5.74) is 1.18. The van der Waals surface area contributed by atoms with Crippen molar-refractivity contribution in [2.75, 3.05) is 25.1 Å². The van der Waals surface area contributed by atoms with Crippen molar-refractivity contribution in [3.8, 4) is 17.2 Å². The van der Waals surface area contributed by atoms with E-state index in [4.69, 9.17) is 14.2 Å². The van der Waals surface area contributed by atoms with Gasteiger partial charge >= 0.3 is 0 Å². The number of carbonyl (C=O) groups excluding carboxylic acids is 1. The molecule has 2 aromatic rings. The van der Waals surface area contributed by atoms with Crippen LogP contribution in [0.5, 0.6) is 17.2 Å². The summed E-state index contributed by atoms with van der Waals surface area (Å²) in [4.78, 5) is 12.6. The highest BCUT2D eigenvalue weighted by atomic mass is 19.1. The van der Waals surface area contributed by atoms with Crippen LogP contribution in [-0.4, -0.2) is 25.7 Å². The number of amides is 1. The lowest BCUT2D eigenvalue weighted by molar-refractivity contribution is 0.102. The molecule has 0 spiro atoms. The fraction of sp³-hybridized carbons (Fsp3) is 0.350. The molecule has 0 atom stereocenters. The lowest BCUT2D eigenvalue weighted by Gasteiger charge is -2.17. The van der Waals surface area contributed by atoms with Gasteiger partial charge in [0.2, 0.25) is 5.75 Å². The topological polar surface area (TPSA) is 56.8 Å². The van der Waals surface area contributed by atoms with Crippen molar-refractivity contribution in [2.24, 2.45) is 0 Å². The Kier molecular flexibility index (Phi) is 6.83. The van der Waals surface area contributed by atoms with Crippen molar-refractivity contribution in [3.05, 3.63) is 47.3 Å². The number of hydrogen-bond donors (Lipinski definition) is 1. The standard InChI is InChI=1S/C20H24FNO4/c1-5-24-17-11-14(12-18(25-6-2)19(17)26-7-3)20(23)22-16-9-8-13(4)10-15(16)21/h8-12H,5-7H2,1-4H3,(H,22,23). The molecule has 2 rings (SSSR count). The van der Waals surface area contributed by atoms with Crippen molar-refractivity contribution >= 4 is 11.6 Å². The van der Waals surface area contributed by atoms with Gasteiger partial charge in [-0.3, -0.25) is 4.79 Å². The summed E-state index contributed by atoms with van der Waals surface area (Å²) in [5.74, 6) is 0.330. The van der Waals surface area contributed by atoms with E-state index in [1.54, 1.807) is 25.1 Å². The number of benzene rings is 2. The highest BCUT2D eigenvalue weighted by Crippen LogP contribution is 2.39. The van der Waals surface area contributed by atoms with Gasteiger partial charge < -0.3 is 19.5 Å². The van der Waals surface area contributed by atoms with Crippen molar-refractivity contribution in [1.29, 1.82) is 0 Å². The summed E-state index contributed by atoms with van der Waals surface area (Å²) in [6, 6.07) is 7.76. The van der Waals surface area contributed by atoms with E-state index in [-0.39, 0.29) is 5.69 Å². The van der Waals surface area contributed by atoms with Gasteiger partial charge in [-0.25, -0.2) is 4.39 Å². The zero-order valence-corrected chi connectivity index (χ0v) is 15.5. The van der Waals surface area contributed by atoms with Crippen molar-refractivity contribution < 1.29 is 23.4 Å². The second-order valence-corrected chi connectivity index (χ2v) is 5.54. The van der Waals surface area contributed by atoms with E-state index >= 15 is 0 Å². The van der Waals surface area contributed by atoms with Crippen molar-refractivity contribution in [1.82, 2.24) is 0 Å². The fourth-order valence-corrected chi connectivity index (χ4v) is 2.44. The predicted molar refractivity (Wildman–Crippen MR) is 99.0 cm³/mol. The minimum absolute atomic E-state index is 0.116. The third-order valence-electron chi connectivity index (χ3n) is 3.54. The first-order chi connectivity index (χ1) is 12.5. The van der Waals surface area contributed by atoms with Crippen LogP contribution in [0.25, 0.3) is 0 Å². The molecule has 0 radical (unpaired) electrons. The molecule has 0 aliphatic rings. The summed E-state index contributed by atoms with van der Waals surface area (Å²) in [6.07, 6.45) is 0. The maximum absolute atomic E-state index is 14.0. The molecule has 2 aromatic carbocycles. The molecule has 0 aromatic heterocycles. The van der Waals surface area contributed by atoms with Crippen LogP contribution in [0.2, 0.25) is 0 Å². The molecule has 26 heavy (non-hydrogen) atoms. The molecular formula is C20H24FNO4. The molecule has 140 valence electrons. The molecule has 0 fully saturated rings. The second-order valence-electron chi connectivity index (χ2n) is 5.54. The first-order valence-corrected chi connectivity index (χ1v) is 8.64. The summed E-state index contributed by atoms with van der Waals surface area (Å²) < 4.78 is 30.8. The SMILES string of the molecule is CCOc1cc(C(=O)Nc2ccc(C)cc2F)cc(OCC)c1OCC. The van der Waals surface area contributed by atoms with Gasteiger partial charge in [-0.2, -0.15) is 0 Å². The minimum atomic E-state index is -0.487. The molecule has 0 aliphatic carbocycles. The number of aryl methyl sites for hydroxylation is 1. The quantitative estimate of drug-likeness (QED) is 0.748. The number of halogens is 1. The van der Waals surface area contributed by atoms with Crippen LogP contribution >= 0.6 is 0 Å². The zero-order valence-electron chi connectivity index (χ0n) is 15.5. The second kappa shape index (κ2) is 9.08. The number of ether oxygens (including phenoxy) is 3. The molecule has 0 unspecified atom stereocenters. The number of carbonyl (C=O) groups is 1. The van der Waals surface area contributed by atoms with Crippen LogP contribution in [0.3, 0.4) is 0 Å². The zero-order chi connectivity index (χ0) is 19.1. The van der Waals surface area contributed by atoms with E-state index in [0.29, 0.717) is 42.6 Å². The molecule has 0 bridgehead atoms. The molecule has 0 aliphatic heterocycles. The maximum Gasteiger partial charge on any atom is 0.256 e. The first-order valence-electron chi connectivity index (χ1n) is 8.64. The summed E-state index contributed by atoms with van der Waals surface area (Å²) >= 11 is 0.